The second kappa shape index (κ2) is 5.92. The van der Waals surface area contributed by atoms with E-state index in [4.69, 9.17) is 5.11 Å². The molecule has 2 aliphatic rings. The maximum absolute atomic E-state index is 12.8. The minimum absolute atomic E-state index is 0.0302. The van der Waals surface area contributed by atoms with Crippen LogP contribution in [0.1, 0.15) is 51.4 Å². The fraction of sp³-hybridized carbons (Fsp3) is 0.929. The minimum Gasteiger partial charge on any atom is -0.481 e. The van der Waals surface area contributed by atoms with E-state index >= 15 is 0 Å². The molecular formula is C14H22F3NO2. The van der Waals surface area contributed by atoms with Crippen LogP contribution in [-0.4, -0.2) is 40.8 Å². The van der Waals surface area contributed by atoms with Crippen molar-refractivity contribution in [3.8, 4) is 0 Å². The third kappa shape index (κ3) is 3.45. The monoisotopic (exact) mass is 293 g/mol. The summed E-state index contributed by atoms with van der Waals surface area (Å²) in [6.45, 7) is 1.65. The number of piperidine rings is 1. The largest absolute Gasteiger partial charge is 0.481 e. The Morgan fingerprint density at radius 2 is 1.70 bits per heavy atom. The van der Waals surface area contributed by atoms with Crippen molar-refractivity contribution in [1.82, 2.24) is 4.90 Å². The molecule has 0 amide bonds. The predicted molar refractivity (Wildman–Crippen MR) is 68.4 cm³/mol. The van der Waals surface area contributed by atoms with E-state index < -0.39 is 23.6 Å². The van der Waals surface area contributed by atoms with Crippen LogP contribution >= 0.6 is 0 Å². The highest BCUT2D eigenvalue weighted by molar-refractivity contribution is 5.68. The van der Waals surface area contributed by atoms with Gasteiger partial charge in [0.25, 0.3) is 0 Å². The van der Waals surface area contributed by atoms with Crippen molar-refractivity contribution in [2.24, 2.45) is 5.92 Å². The molecule has 1 N–H and O–H groups in total. The number of alkyl halides is 3. The molecule has 1 heterocycles. The first-order chi connectivity index (χ1) is 9.33. The van der Waals surface area contributed by atoms with Crippen molar-refractivity contribution < 1.29 is 23.1 Å². The summed E-state index contributed by atoms with van der Waals surface area (Å²) in [7, 11) is 0. The van der Waals surface area contributed by atoms with Crippen LogP contribution in [0.3, 0.4) is 0 Å². The summed E-state index contributed by atoms with van der Waals surface area (Å²) >= 11 is 0. The molecule has 1 saturated carbocycles. The van der Waals surface area contributed by atoms with Gasteiger partial charge in [-0.15, -0.1) is 0 Å². The highest BCUT2D eigenvalue weighted by Gasteiger charge is 2.48. The van der Waals surface area contributed by atoms with Crippen LogP contribution in [0.5, 0.6) is 0 Å². The molecule has 116 valence electrons. The maximum Gasteiger partial charge on any atom is 0.391 e. The summed E-state index contributed by atoms with van der Waals surface area (Å²) < 4.78 is 38.3. The number of halogens is 3. The zero-order valence-electron chi connectivity index (χ0n) is 11.6. The van der Waals surface area contributed by atoms with E-state index in [1.54, 1.807) is 0 Å². The number of carbonyl (C=O) groups is 1. The molecular weight excluding hydrogens is 271 g/mol. The first kappa shape index (κ1) is 15.6. The number of likely N-dealkylation sites (tertiary alicyclic amines) is 1. The number of hydrogen-bond acceptors (Lipinski definition) is 2. The quantitative estimate of drug-likeness (QED) is 0.866. The van der Waals surface area contributed by atoms with Gasteiger partial charge in [-0.1, -0.05) is 6.42 Å². The molecule has 6 heteroatoms. The summed E-state index contributed by atoms with van der Waals surface area (Å²) in [5, 5.41) is 9.14. The van der Waals surface area contributed by atoms with Crippen molar-refractivity contribution in [3.63, 3.8) is 0 Å². The summed E-state index contributed by atoms with van der Waals surface area (Å²) in [4.78, 5) is 13.3. The average Bonchev–Trinajstić information content (AvgIpc) is 2.38. The van der Waals surface area contributed by atoms with E-state index in [2.05, 4.69) is 4.90 Å². The van der Waals surface area contributed by atoms with Crippen LogP contribution in [0.25, 0.3) is 0 Å². The number of carboxylic acid groups (broad SMARTS) is 1. The van der Waals surface area contributed by atoms with Crippen molar-refractivity contribution >= 4 is 5.97 Å². The van der Waals surface area contributed by atoms with E-state index in [9.17, 15) is 18.0 Å². The standard InChI is InChI=1S/C14H22F3NO2/c15-14(16,17)11-4-6-13(7-5-11,10-12(19)20)18-8-2-1-3-9-18/h11H,1-10H2,(H,19,20). The Morgan fingerprint density at radius 1 is 1.15 bits per heavy atom. The topological polar surface area (TPSA) is 40.5 Å². The first-order valence-corrected chi connectivity index (χ1v) is 7.37. The minimum atomic E-state index is -4.14. The molecule has 2 rings (SSSR count). The van der Waals surface area contributed by atoms with Crippen molar-refractivity contribution in [1.29, 1.82) is 0 Å². The molecule has 20 heavy (non-hydrogen) atoms. The fourth-order valence-electron chi connectivity index (χ4n) is 3.74. The predicted octanol–water partition coefficient (Wildman–Crippen LogP) is 3.44. The van der Waals surface area contributed by atoms with E-state index in [1.165, 1.54) is 0 Å². The summed E-state index contributed by atoms with van der Waals surface area (Å²) in [6, 6.07) is 0. The molecule has 1 aliphatic heterocycles. The molecule has 0 unspecified atom stereocenters. The second-order valence-electron chi connectivity index (χ2n) is 6.16. The van der Waals surface area contributed by atoms with E-state index in [0.29, 0.717) is 12.8 Å². The molecule has 0 radical (unpaired) electrons. The Hall–Kier alpha value is -0.780. The van der Waals surface area contributed by atoms with Crippen LogP contribution in [-0.2, 0) is 4.79 Å². The molecule has 0 aromatic carbocycles. The highest BCUT2D eigenvalue weighted by atomic mass is 19.4. The molecule has 0 aromatic rings. The molecule has 0 bridgehead atoms. The van der Waals surface area contributed by atoms with Gasteiger partial charge < -0.3 is 5.11 Å². The Labute approximate surface area is 117 Å². The normalized spacial score (nSPS) is 33.0. The van der Waals surface area contributed by atoms with Crippen LogP contribution in [0, 0.1) is 5.92 Å². The smallest absolute Gasteiger partial charge is 0.391 e. The molecule has 1 saturated heterocycles. The summed E-state index contributed by atoms with van der Waals surface area (Å²) in [6.07, 6.45) is -0.179. The van der Waals surface area contributed by atoms with Crippen molar-refractivity contribution in [2.75, 3.05) is 13.1 Å². The molecule has 0 atom stereocenters. The van der Waals surface area contributed by atoms with E-state index in [1.807, 2.05) is 0 Å². The van der Waals surface area contributed by atoms with Gasteiger partial charge in [-0.2, -0.15) is 13.2 Å². The third-order valence-electron chi connectivity index (χ3n) is 4.89. The van der Waals surface area contributed by atoms with Crippen LogP contribution in [0.15, 0.2) is 0 Å². The Balaban J connectivity index is 2.08. The van der Waals surface area contributed by atoms with Gasteiger partial charge in [0.05, 0.1) is 12.3 Å². The van der Waals surface area contributed by atoms with E-state index in [-0.39, 0.29) is 19.3 Å². The molecule has 0 aromatic heterocycles. The van der Waals surface area contributed by atoms with E-state index in [0.717, 1.165) is 32.4 Å². The van der Waals surface area contributed by atoms with Gasteiger partial charge in [0.2, 0.25) is 0 Å². The van der Waals surface area contributed by atoms with Crippen LogP contribution in [0.2, 0.25) is 0 Å². The van der Waals surface area contributed by atoms with Gasteiger partial charge in [0.15, 0.2) is 0 Å². The Kier molecular flexibility index (Phi) is 4.62. The molecule has 2 fully saturated rings. The lowest BCUT2D eigenvalue weighted by molar-refractivity contribution is -0.190. The van der Waals surface area contributed by atoms with Crippen molar-refractivity contribution in [3.05, 3.63) is 0 Å². The lowest BCUT2D eigenvalue weighted by Gasteiger charge is -2.49. The van der Waals surface area contributed by atoms with Gasteiger partial charge in [-0.05, 0) is 51.6 Å². The van der Waals surface area contributed by atoms with Crippen molar-refractivity contribution in [2.45, 2.75) is 63.1 Å². The molecule has 0 spiro atoms. The van der Waals surface area contributed by atoms with Gasteiger partial charge in [-0.3, -0.25) is 9.69 Å². The Morgan fingerprint density at radius 3 is 2.15 bits per heavy atom. The first-order valence-electron chi connectivity index (χ1n) is 7.37. The maximum atomic E-state index is 12.8. The summed E-state index contributed by atoms with van der Waals surface area (Å²) in [5.41, 5.74) is -0.548. The zero-order chi connectivity index (χ0) is 14.8. The van der Waals surface area contributed by atoms with Gasteiger partial charge in [0.1, 0.15) is 0 Å². The number of carboxylic acids is 1. The summed E-state index contributed by atoms with van der Waals surface area (Å²) in [5.74, 6) is -2.16. The zero-order valence-corrected chi connectivity index (χ0v) is 11.6. The lowest BCUT2D eigenvalue weighted by Crippen LogP contribution is -2.54. The molecule has 1 aliphatic carbocycles. The Bertz CT molecular complexity index is 343. The fourth-order valence-corrected chi connectivity index (χ4v) is 3.74. The number of hydrogen-bond donors (Lipinski definition) is 1. The second-order valence-corrected chi connectivity index (χ2v) is 6.16. The van der Waals surface area contributed by atoms with Gasteiger partial charge >= 0.3 is 12.1 Å². The average molecular weight is 293 g/mol. The third-order valence-corrected chi connectivity index (χ3v) is 4.89. The number of nitrogens with zero attached hydrogens (tertiary/aromatic N) is 1. The lowest BCUT2D eigenvalue weighted by atomic mass is 9.72. The van der Waals surface area contributed by atoms with Crippen LogP contribution < -0.4 is 0 Å². The van der Waals surface area contributed by atoms with Gasteiger partial charge in [-0.25, -0.2) is 0 Å². The van der Waals surface area contributed by atoms with Crippen LogP contribution in [0.4, 0.5) is 13.2 Å². The van der Waals surface area contributed by atoms with Gasteiger partial charge in [0, 0.05) is 5.54 Å². The molecule has 3 nitrogen and oxygen atoms in total. The number of aliphatic carboxylic acids is 1. The number of rotatable bonds is 3. The highest BCUT2D eigenvalue weighted by Crippen LogP contribution is 2.45. The SMILES string of the molecule is O=C(O)CC1(N2CCCCC2)CCC(C(F)(F)F)CC1.